The van der Waals surface area contributed by atoms with Gasteiger partial charge in [-0.15, -0.1) is 0 Å². The highest BCUT2D eigenvalue weighted by Crippen LogP contribution is 2.19. The Morgan fingerprint density at radius 2 is 1.72 bits per heavy atom. The van der Waals surface area contributed by atoms with Crippen LogP contribution in [0, 0.1) is 0 Å². The quantitative estimate of drug-likeness (QED) is 0.803. The van der Waals surface area contributed by atoms with Crippen LogP contribution in [0.25, 0.3) is 0 Å². The lowest BCUT2D eigenvalue weighted by molar-refractivity contribution is 0.295. The van der Waals surface area contributed by atoms with Crippen LogP contribution in [0.1, 0.15) is 5.82 Å². The zero-order valence-electron chi connectivity index (χ0n) is 9.15. The minimum Gasteiger partial charge on any atom is -0.486 e. The van der Waals surface area contributed by atoms with Gasteiger partial charge in [-0.1, -0.05) is 0 Å². The van der Waals surface area contributed by atoms with Crippen LogP contribution in [-0.2, 0) is 15.7 Å². The van der Waals surface area contributed by atoms with Crippen molar-refractivity contribution in [1.82, 2.24) is 9.97 Å². The minimum atomic E-state index is -3.69. The Balaban J connectivity index is 2.03. The first-order valence-corrected chi connectivity index (χ1v) is 7.30. The molecule has 5 nitrogen and oxygen atoms in total. The average Bonchev–Trinajstić information content (AvgIpc) is 2.37. The van der Waals surface area contributed by atoms with Gasteiger partial charge in [-0.25, -0.2) is 18.4 Å². The van der Waals surface area contributed by atoms with Crippen molar-refractivity contribution in [3.63, 3.8) is 0 Å². The maximum atomic E-state index is 11.0. The number of rotatable bonds is 4. The van der Waals surface area contributed by atoms with Gasteiger partial charge in [-0.05, 0) is 30.3 Å². The van der Waals surface area contributed by atoms with Crippen molar-refractivity contribution >= 4 is 19.7 Å². The van der Waals surface area contributed by atoms with Crippen molar-refractivity contribution in [2.75, 3.05) is 0 Å². The summed E-state index contributed by atoms with van der Waals surface area (Å²) < 4.78 is 27.5. The number of benzene rings is 1. The minimum absolute atomic E-state index is 0.0347. The van der Waals surface area contributed by atoms with E-state index in [1.165, 1.54) is 24.3 Å². The summed E-state index contributed by atoms with van der Waals surface area (Å²) in [7, 11) is 1.50. The molecule has 0 atom stereocenters. The van der Waals surface area contributed by atoms with Crippen LogP contribution in [0.15, 0.2) is 47.6 Å². The van der Waals surface area contributed by atoms with E-state index in [2.05, 4.69) is 9.97 Å². The fourth-order valence-electron chi connectivity index (χ4n) is 1.25. The summed E-state index contributed by atoms with van der Waals surface area (Å²) in [5.41, 5.74) is 0. The fraction of sp³-hybridized carbons (Fsp3) is 0.0909. The molecule has 0 bridgehead atoms. The summed E-state index contributed by atoms with van der Waals surface area (Å²) in [5.74, 6) is 1.07. The van der Waals surface area contributed by atoms with Gasteiger partial charge < -0.3 is 4.74 Å². The largest absolute Gasteiger partial charge is 0.486 e. The topological polar surface area (TPSA) is 69.2 Å². The predicted molar refractivity (Wildman–Crippen MR) is 65.8 cm³/mol. The number of hydrogen-bond acceptors (Lipinski definition) is 5. The second-order valence-electron chi connectivity index (χ2n) is 3.36. The van der Waals surface area contributed by atoms with Crippen molar-refractivity contribution in [3.05, 3.63) is 48.5 Å². The molecule has 2 rings (SSSR count). The number of ether oxygens (including phenoxy) is 1. The maximum Gasteiger partial charge on any atom is 0.261 e. The van der Waals surface area contributed by atoms with E-state index in [1.807, 2.05) is 0 Å². The molecule has 0 aliphatic heterocycles. The summed E-state index contributed by atoms with van der Waals surface area (Å²) in [5, 5.41) is 0. The van der Waals surface area contributed by atoms with Gasteiger partial charge in [0.25, 0.3) is 9.05 Å². The molecule has 7 heteroatoms. The lowest BCUT2D eigenvalue weighted by Gasteiger charge is -2.05. The zero-order chi connectivity index (χ0) is 13.0. The summed E-state index contributed by atoms with van der Waals surface area (Å²) in [6, 6.07) is 7.52. The first-order valence-electron chi connectivity index (χ1n) is 4.99. The van der Waals surface area contributed by atoms with Gasteiger partial charge in [0.05, 0.1) is 4.90 Å². The molecular weight excluding hydrogens is 276 g/mol. The molecule has 0 aliphatic carbocycles. The summed E-state index contributed by atoms with van der Waals surface area (Å²) >= 11 is 0. The third-order valence-electron chi connectivity index (χ3n) is 2.09. The molecule has 94 valence electrons. The van der Waals surface area contributed by atoms with Gasteiger partial charge in [0.15, 0.2) is 5.82 Å². The van der Waals surface area contributed by atoms with Crippen LogP contribution >= 0.6 is 10.7 Å². The smallest absolute Gasteiger partial charge is 0.261 e. The SMILES string of the molecule is O=S(=O)(Cl)c1ccc(OCc2ncccn2)cc1. The summed E-state index contributed by atoms with van der Waals surface area (Å²) in [4.78, 5) is 8.03. The molecule has 0 fully saturated rings. The molecular formula is C11H9ClN2O3S. The van der Waals surface area contributed by atoms with E-state index in [-0.39, 0.29) is 11.5 Å². The number of aromatic nitrogens is 2. The second-order valence-corrected chi connectivity index (χ2v) is 5.93. The van der Waals surface area contributed by atoms with Crippen molar-refractivity contribution in [3.8, 4) is 5.75 Å². The van der Waals surface area contributed by atoms with Crippen LogP contribution in [0.5, 0.6) is 5.75 Å². The molecule has 0 radical (unpaired) electrons. The fourth-order valence-corrected chi connectivity index (χ4v) is 2.02. The molecule has 0 saturated heterocycles. The number of nitrogens with zero attached hydrogens (tertiary/aromatic N) is 2. The third kappa shape index (κ3) is 3.41. The van der Waals surface area contributed by atoms with Crippen LogP contribution in [0.2, 0.25) is 0 Å². The normalized spacial score (nSPS) is 11.2. The van der Waals surface area contributed by atoms with Gasteiger partial charge in [0.1, 0.15) is 12.4 Å². The molecule has 1 aromatic carbocycles. The first kappa shape index (κ1) is 12.8. The van der Waals surface area contributed by atoms with E-state index in [9.17, 15) is 8.42 Å². The molecule has 0 aliphatic rings. The van der Waals surface area contributed by atoms with Crippen molar-refractivity contribution in [2.24, 2.45) is 0 Å². The lowest BCUT2D eigenvalue weighted by Crippen LogP contribution is -2.00. The van der Waals surface area contributed by atoms with Gasteiger partial charge in [-0.3, -0.25) is 0 Å². The molecule has 1 heterocycles. The first-order chi connectivity index (χ1) is 8.55. The number of halogens is 1. The Labute approximate surface area is 109 Å². The molecule has 18 heavy (non-hydrogen) atoms. The predicted octanol–water partition coefficient (Wildman–Crippen LogP) is 1.98. The van der Waals surface area contributed by atoms with E-state index in [0.29, 0.717) is 11.6 Å². The Bertz CT molecular complexity index is 614. The van der Waals surface area contributed by atoms with Crippen LogP contribution in [0.4, 0.5) is 0 Å². The van der Waals surface area contributed by atoms with Crippen molar-refractivity contribution in [2.45, 2.75) is 11.5 Å². The maximum absolute atomic E-state index is 11.0. The van der Waals surface area contributed by atoms with Gasteiger partial charge in [0.2, 0.25) is 0 Å². The summed E-state index contributed by atoms with van der Waals surface area (Å²) in [6.07, 6.45) is 3.24. The van der Waals surface area contributed by atoms with Crippen LogP contribution < -0.4 is 4.74 Å². The highest BCUT2D eigenvalue weighted by atomic mass is 35.7. The Morgan fingerprint density at radius 3 is 2.28 bits per heavy atom. The monoisotopic (exact) mass is 284 g/mol. The van der Waals surface area contributed by atoms with E-state index < -0.39 is 9.05 Å². The number of hydrogen-bond donors (Lipinski definition) is 0. The van der Waals surface area contributed by atoms with E-state index in [1.54, 1.807) is 18.5 Å². The molecule has 1 aromatic heterocycles. The van der Waals surface area contributed by atoms with E-state index >= 15 is 0 Å². The standard InChI is InChI=1S/C11H9ClN2O3S/c12-18(15,16)10-4-2-9(3-5-10)17-8-11-13-6-1-7-14-11/h1-7H,8H2. The van der Waals surface area contributed by atoms with E-state index in [4.69, 9.17) is 15.4 Å². The molecule has 0 spiro atoms. The van der Waals surface area contributed by atoms with Gasteiger partial charge in [0, 0.05) is 23.1 Å². The average molecular weight is 285 g/mol. The van der Waals surface area contributed by atoms with Crippen molar-refractivity contribution in [1.29, 1.82) is 0 Å². The Kier molecular flexibility index (Phi) is 3.78. The van der Waals surface area contributed by atoms with Gasteiger partial charge in [-0.2, -0.15) is 0 Å². The highest BCUT2D eigenvalue weighted by Gasteiger charge is 2.09. The molecule has 0 saturated carbocycles. The molecule has 0 amide bonds. The molecule has 2 aromatic rings. The van der Waals surface area contributed by atoms with E-state index in [0.717, 1.165) is 0 Å². The zero-order valence-corrected chi connectivity index (χ0v) is 10.7. The Morgan fingerprint density at radius 1 is 1.11 bits per heavy atom. The highest BCUT2D eigenvalue weighted by molar-refractivity contribution is 8.13. The molecule has 0 N–H and O–H groups in total. The summed E-state index contributed by atoms with van der Waals surface area (Å²) in [6.45, 7) is 0.216. The second kappa shape index (κ2) is 5.32. The Hall–Kier alpha value is -1.66. The van der Waals surface area contributed by atoms with Crippen molar-refractivity contribution < 1.29 is 13.2 Å². The lowest BCUT2D eigenvalue weighted by atomic mass is 10.3. The molecule has 0 unspecified atom stereocenters. The van der Waals surface area contributed by atoms with Crippen LogP contribution in [-0.4, -0.2) is 18.4 Å². The third-order valence-corrected chi connectivity index (χ3v) is 3.46. The van der Waals surface area contributed by atoms with Gasteiger partial charge >= 0.3 is 0 Å². The van der Waals surface area contributed by atoms with Crippen LogP contribution in [0.3, 0.4) is 0 Å².